The molecule has 1 aromatic heterocycles. The highest BCUT2D eigenvalue weighted by Gasteiger charge is 2.43. The van der Waals surface area contributed by atoms with Crippen LogP contribution in [0.4, 0.5) is 19.0 Å². The first-order valence-corrected chi connectivity index (χ1v) is 5.93. The lowest BCUT2D eigenvalue weighted by atomic mass is 10.0. The van der Waals surface area contributed by atoms with Crippen LogP contribution in [-0.4, -0.2) is 34.7 Å². The highest BCUT2D eigenvalue weighted by atomic mass is 19.4. The third-order valence-electron chi connectivity index (χ3n) is 3.31. The first-order chi connectivity index (χ1) is 9.67. The maximum atomic E-state index is 12.7. The molecule has 21 heavy (non-hydrogen) atoms. The molecule has 1 aromatic rings. The molecule has 9 heteroatoms. The van der Waals surface area contributed by atoms with Crippen LogP contribution in [0.3, 0.4) is 0 Å². The summed E-state index contributed by atoms with van der Waals surface area (Å²) in [7, 11) is 0. The van der Waals surface area contributed by atoms with E-state index >= 15 is 0 Å². The topological polar surface area (TPSA) is 103 Å². The van der Waals surface area contributed by atoms with Gasteiger partial charge in [0.1, 0.15) is 23.1 Å². The Labute approximate surface area is 117 Å². The van der Waals surface area contributed by atoms with Crippen molar-refractivity contribution in [2.75, 3.05) is 18.0 Å². The van der Waals surface area contributed by atoms with E-state index in [0.717, 1.165) is 6.07 Å². The number of hydrogen-bond donors (Lipinski definition) is 2. The van der Waals surface area contributed by atoms with Gasteiger partial charge in [0, 0.05) is 13.1 Å². The van der Waals surface area contributed by atoms with Crippen molar-refractivity contribution >= 4 is 11.8 Å². The number of carboxylic acids is 1. The van der Waals surface area contributed by atoms with E-state index in [9.17, 15) is 18.0 Å². The van der Waals surface area contributed by atoms with Crippen molar-refractivity contribution in [1.82, 2.24) is 4.98 Å². The average molecular weight is 300 g/mol. The number of nitrogens with two attached hydrogens (primary N) is 1. The van der Waals surface area contributed by atoms with Crippen LogP contribution in [-0.2, 0) is 11.0 Å². The van der Waals surface area contributed by atoms with E-state index in [1.807, 2.05) is 0 Å². The molecule has 0 saturated carbocycles. The Morgan fingerprint density at radius 2 is 2.19 bits per heavy atom. The van der Waals surface area contributed by atoms with E-state index in [1.54, 1.807) is 6.07 Å². The lowest BCUT2D eigenvalue weighted by Crippen LogP contribution is -2.50. The van der Waals surface area contributed by atoms with Crippen molar-refractivity contribution in [2.24, 2.45) is 5.73 Å². The molecule has 3 N–H and O–H groups in total. The van der Waals surface area contributed by atoms with Gasteiger partial charge in [0.2, 0.25) is 0 Å². The van der Waals surface area contributed by atoms with E-state index in [0.29, 0.717) is 6.07 Å². The molecule has 0 amide bonds. The van der Waals surface area contributed by atoms with Crippen LogP contribution in [0.2, 0.25) is 0 Å². The summed E-state index contributed by atoms with van der Waals surface area (Å²) in [5, 5.41) is 18.0. The van der Waals surface area contributed by atoms with Gasteiger partial charge in [0.05, 0.1) is 5.56 Å². The van der Waals surface area contributed by atoms with Crippen molar-refractivity contribution in [3.63, 3.8) is 0 Å². The molecule has 0 aliphatic carbocycles. The van der Waals surface area contributed by atoms with Gasteiger partial charge in [-0.2, -0.15) is 18.4 Å². The van der Waals surface area contributed by atoms with Gasteiger partial charge in [-0.1, -0.05) is 0 Å². The third kappa shape index (κ3) is 2.75. The quantitative estimate of drug-likeness (QED) is 0.843. The zero-order valence-electron chi connectivity index (χ0n) is 10.7. The number of carboxylic acid groups (broad SMARTS) is 1. The monoisotopic (exact) mass is 300 g/mol. The van der Waals surface area contributed by atoms with E-state index in [2.05, 4.69) is 4.98 Å². The maximum absolute atomic E-state index is 12.7. The molecule has 112 valence electrons. The Morgan fingerprint density at radius 1 is 1.52 bits per heavy atom. The number of aliphatic carboxylic acids is 1. The third-order valence-corrected chi connectivity index (χ3v) is 3.31. The first kappa shape index (κ1) is 15.1. The van der Waals surface area contributed by atoms with Gasteiger partial charge in [-0.25, -0.2) is 4.98 Å². The molecule has 0 radical (unpaired) electrons. The molecule has 1 unspecified atom stereocenters. The van der Waals surface area contributed by atoms with E-state index in [1.165, 1.54) is 4.90 Å². The van der Waals surface area contributed by atoms with Crippen molar-refractivity contribution in [3.8, 4) is 6.07 Å². The van der Waals surface area contributed by atoms with Crippen LogP contribution in [0.15, 0.2) is 12.1 Å². The second-order valence-electron chi connectivity index (χ2n) is 4.81. The number of pyridine rings is 1. The lowest BCUT2D eigenvalue weighted by molar-refractivity contribution is -0.143. The molecular weight excluding hydrogens is 289 g/mol. The van der Waals surface area contributed by atoms with Crippen LogP contribution in [0.1, 0.15) is 17.7 Å². The number of anilines is 1. The predicted octanol–water partition coefficient (Wildman–Crippen LogP) is 0.964. The number of aromatic nitrogens is 1. The fourth-order valence-electron chi connectivity index (χ4n) is 2.12. The van der Waals surface area contributed by atoms with Gasteiger partial charge in [-0.05, 0) is 18.6 Å². The Hall–Kier alpha value is -2.34. The predicted molar refractivity (Wildman–Crippen MR) is 65.3 cm³/mol. The van der Waals surface area contributed by atoms with Gasteiger partial charge < -0.3 is 15.7 Å². The van der Waals surface area contributed by atoms with Crippen LogP contribution < -0.4 is 10.6 Å². The Morgan fingerprint density at radius 3 is 2.67 bits per heavy atom. The molecule has 2 heterocycles. The molecule has 1 fully saturated rings. The fraction of sp³-hybridized carbons (Fsp3) is 0.417. The molecule has 2 rings (SSSR count). The smallest absolute Gasteiger partial charge is 0.433 e. The molecule has 0 spiro atoms. The summed E-state index contributed by atoms with van der Waals surface area (Å²) in [6, 6.07) is 3.48. The summed E-state index contributed by atoms with van der Waals surface area (Å²) < 4.78 is 38.1. The van der Waals surface area contributed by atoms with Crippen molar-refractivity contribution in [2.45, 2.75) is 18.1 Å². The van der Waals surface area contributed by atoms with Crippen molar-refractivity contribution < 1.29 is 23.1 Å². The zero-order valence-corrected chi connectivity index (χ0v) is 10.7. The second kappa shape index (κ2) is 4.89. The molecule has 1 saturated heterocycles. The van der Waals surface area contributed by atoms with Gasteiger partial charge in [-0.3, -0.25) is 4.79 Å². The number of nitrogens with zero attached hydrogens (tertiary/aromatic N) is 3. The second-order valence-corrected chi connectivity index (χ2v) is 4.81. The van der Waals surface area contributed by atoms with Crippen LogP contribution in [0, 0.1) is 11.3 Å². The molecule has 0 aromatic carbocycles. The molecule has 1 atom stereocenters. The first-order valence-electron chi connectivity index (χ1n) is 5.93. The largest absolute Gasteiger partial charge is 0.480 e. The minimum absolute atomic E-state index is 0.0577. The summed E-state index contributed by atoms with van der Waals surface area (Å²) in [4.78, 5) is 15.8. The number of hydrogen-bond acceptors (Lipinski definition) is 5. The average Bonchev–Trinajstić information content (AvgIpc) is 2.81. The molecule has 1 aliphatic rings. The number of halogens is 3. The normalized spacial score (nSPS) is 22.1. The number of carbonyl (C=O) groups is 1. The van der Waals surface area contributed by atoms with Crippen LogP contribution in [0.5, 0.6) is 0 Å². The van der Waals surface area contributed by atoms with Crippen molar-refractivity contribution in [3.05, 3.63) is 23.4 Å². The number of nitriles is 1. The minimum atomic E-state index is -4.64. The lowest BCUT2D eigenvalue weighted by Gasteiger charge is -2.22. The SMILES string of the molecule is N#Cc1ccc(C(F)(F)F)nc1N1CCC(N)(C(=O)O)C1. The number of alkyl halides is 3. The van der Waals surface area contributed by atoms with Gasteiger partial charge in [0.25, 0.3) is 0 Å². The summed E-state index contributed by atoms with van der Waals surface area (Å²) in [5.41, 5.74) is 2.92. The Balaban J connectivity index is 2.40. The molecular formula is C12H11F3N4O2. The van der Waals surface area contributed by atoms with E-state index < -0.39 is 23.4 Å². The van der Waals surface area contributed by atoms with Gasteiger partial charge in [0.15, 0.2) is 0 Å². The van der Waals surface area contributed by atoms with E-state index in [4.69, 9.17) is 16.1 Å². The van der Waals surface area contributed by atoms with Gasteiger partial charge >= 0.3 is 12.1 Å². The summed E-state index contributed by atoms with van der Waals surface area (Å²) in [6.07, 6.45) is -4.58. The summed E-state index contributed by atoms with van der Waals surface area (Å²) in [6.45, 7) is -0.0862. The summed E-state index contributed by atoms with van der Waals surface area (Å²) >= 11 is 0. The maximum Gasteiger partial charge on any atom is 0.433 e. The molecule has 1 aliphatic heterocycles. The number of rotatable bonds is 2. The zero-order chi connectivity index (χ0) is 15.8. The Kier molecular flexibility index (Phi) is 3.51. The van der Waals surface area contributed by atoms with Gasteiger partial charge in [-0.15, -0.1) is 0 Å². The Bertz CT molecular complexity index is 626. The van der Waals surface area contributed by atoms with Crippen molar-refractivity contribution in [1.29, 1.82) is 5.26 Å². The molecule has 0 bridgehead atoms. The highest BCUT2D eigenvalue weighted by Crippen LogP contribution is 2.32. The van der Waals surface area contributed by atoms with E-state index in [-0.39, 0.29) is 30.9 Å². The fourth-order valence-corrected chi connectivity index (χ4v) is 2.12. The molecule has 6 nitrogen and oxygen atoms in total. The highest BCUT2D eigenvalue weighted by molar-refractivity contribution is 5.80. The summed E-state index contributed by atoms with van der Waals surface area (Å²) in [5.74, 6) is -1.43. The minimum Gasteiger partial charge on any atom is -0.480 e. The van der Waals surface area contributed by atoms with Crippen LogP contribution >= 0.6 is 0 Å². The van der Waals surface area contributed by atoms with Crippen LogP contribution in [0.25, 0.3) is 0 Å². The standard InChI is InChI=1S/C12H11F3N4O2/c13-12(14,15)8-2-1-7(5-16)9(18-8)19-4-3-11(17,6-19)10(20)21/h1-2H,3-4,6,17H2,(H,20,21).